The number of rotatable bonds is 5. The lowest BCUT2D eigenvalue weighted by Crippen LogP contribution is -2.52. The highest BCUT2D eigenvalue weighted by Gasteiger charge is 2.35. The first-order valence-corrected chi connectivity index (χ1v) is 9.30. The van der Waals surface area contributed by atoms with Gasteiger partial charge >= 0.3 is 0 Å². The monoisotopic (exact) mass is 359 g/mol. The number of amides is 1. The summed E-state index contributed by atoms with van der Waals surface area (Å²) in [6.07, 6.45) is 4.50. The fraction of sp³-hybridized carbons (Fsp3) is 0.667. The van der Waals surface area contributed by atoms with Crippen LogP contribution in [0.25, 0.3) is 0 Å². The van der Waals surface area contributed by atoms with E-state index in [1.54, 1.807) is 0 Å². The highest BCUT2D eigenvalue weighted by Crippen LogP contribution is 2.25. The zero-order valence-electron chi connectivity index (χ0n) is 15.2. The summed E-state index contributed by atoms with van der Waals surface area (Å²) in [5, 5.41) is 10.4. The summed E-state index contributed by atoms with van der Waals surface area (Å²) in [7, 11) is 0. The number of carbonyl (C=O) groups excluding carboxylic acids is 1. The minimum atomic E-state index is -0.481. The van der Waals surface area contributed by atoms with Gasteiger partial charge in [0.1, 0.15) is 0 Å². The lowest BCUT2D eigenvalue weighted by Gasteiger charge is -2.36. The maximum atomic E-state index is 12.3. The number of hydrogen-bond acceptors (Lipinski definition) is 7. The first-order valence-electron chi connectivity index (χ1n) is 9.30. The van der Waals surface area contributed by atoms with Crippen LogP contribution in [0.5, 0.6) is 0 Å². The maximum Gasteiger partial charge on any atom is 0.264 e. The van der Waals surface area contributed by atoms with Gasteiger partial charge < -0.3 is 20.2 Å². The molecular weight excluding hydrogens is 334 g/mol. The summed E-state index contributed by atoms with van der Waals surface area (Å²) in [5.41, 5.74) is 3.09. The van der Waals surface area contributed by atoms with E-state index < -0.39 is 6.10 Å². The van der Waals surface area contributed by atoms with E-state index in [1.165, 1.54) is 0 Å². The van der Waals surface area contributed by atoms with Crippen LogP contribution in [0.15, 0.2) is 11.4 Å². The molecule has 0 spiro atoms. The number of nitrogens with zero attached hydrogens (tertiary/aromatic N) is 3. The molecule has 4 rings (SSSR count). The molecule has 1 saturated carbocycles. The molecule has 1 atom stereocenters. The number of hydrogen-bond donors (Lipinski definition) is 2. The Morgan fingerprint density at radius 1 is 1.31 bits per heavy atom. The topological polar surface area (TPSA) is 97.7 Å². The lowest BCUT2D eigenvalue weighted by atomic mass is 9.86. The zero-order chi connectivity index (χ0) is 18.1. The van der Waals surface area contributed by atoms with Gasteiger partial charge in [-0.3, -0.25) is 4.79 Å². The van der Waals surface area contributed by atoms with Crippen molar-refractivity contribution < 1.29 is 14.4 Å². The molecule has 26 heavy (non-hydrogen) atoms. The first kappa shape index (κ1) is 17.2. The Balaban J connectivity index is 1.22. The molecule has 1 aromatic heterocycles. The van der Waals surface area contributed by atoms with Crippen LogP contribution in [0.2, 0.25) is 0 Å². The van der Waals surface area contributed by atoms with E-state index in [0.29, 0.717) is 31.5 Å². The predicted molar refractivity (Wildman–Crippen MR) is 95.7 cm³/mol. The molecule has 3 heterocycles. The number of fused-ring (bicyclic) bond motifs is 1. The van der Waals surface area contributed by atoms with Crippen molar-refractivity contribution in [3.05, 3.63) is 17.5 Å². The third kappa shape index (κ3) is 3.65. The van der Waals surface area contributed by atoms with Crippen LogP contribution in [-0.4, -0.2) is 46.4 Å². The summed E-state index contributed by atoms with van der Waals surface area (Å²) in [6.45, 7) is 5.42. The van der Waals surface area contributed by atoms with Gasteiger partial charge in [0, 0.05) is 36.7 Å². The number of aromatic nitrogens is 2. The van der Waals surface area contributed by atoms with Gasteiger partial charge in [-0.05, 0) is 18.8 Å². The summed E-state index contributed by atoms with van der Waals surface area (Å²) in [6, 6.07) is 0.447. The molecule has 2 N–H and O–H groups in total. The van der Waals surface area contributed by atoms with Gasteiger partial charge in [0.25, 0.3) is 5.91 Å². The second-order valence-corrected chi connectivity index (χ2v) is 7.52. The number of ether oxygens (including phenoxy) is 1. The van der Waals surface area contributed by atoms with Gasteiger partial charge in [-0.2, -0.15) is 0 Å². The van der Waals surface area contributed by atoms with E-state index in [1.807, 2.05) is 6.20 Å². The van der Waals surface area contributed by atoms with Gasteiger partial charge in [0.05, 0.1) is 24.6 Å². The van der Waals surface area contributed by atoms with Gasteiger partial charge in [-0.15, -0.1) is 0 Å². The summed E-state index contributed by atoms with van der Waals surface area (Å²) >= 11 is 0. The fourth-order valence-corrected chi connectivity index (χ4v) is 3.41. The normalized spacial score (nSPS) is 27.2. The minimum Gasteiger partial charge on any atom is -0.382 e. The third-order valence-electron chi connectivity index (χ3n) is 5.16. The third-order valence-corrected chi connectivity index (χ3v) is 5.16. The average molecular weight is 359 g/mol. The summed E-state index contributed by atoms with van der Waals surface area (Å²) in [5.74, 6) is 0.903. The Morgan fingerprint density at radius 2 is 2.15 bits per heavy atom. The molecule has 0 bridgehead atoms. The Kier molecular flexibility index (Phi) is 4.76. The van der Waals surface area contributed by atoms with E-state index in [2.05, 4.69) is 39.6 Å². The van der Waals surface area contributed by atoms with Gasteiger partial charge in [-0.1, -0.05) is 19.0 Å². The molecule has 0 aromatic carbocycles. The number of anilines is 1. The van der Waals surface area contributed by atoms with E-state index in [4.69, 9.17) is 9.57 Å². The van der Waals surface area contributed by atoms with Crippen LogP contribution in [0, 0.1) is 5.92 Å². The van der Waals surface area contributed by atoms with Gasteiger partial charge in [0.2, 0.25) is 12.1 Å². The number of oxime groups is 1. The first-order chi connectivity index (χ1) is 12.6. The molecule has 8 heteroatoms. The SMILES string of the molecule is CC(C)C1=NOC(C(=O)NC2CC(Nc3ncc4c(n3)CCOC4)C2)C1. The van der Waals surface area contributed by atoms with Gasteiger partial charge in [0.15, 0.2) is 0 Å². The molecule has 8 nitrogen and oxygen atoms in total. The maximum absolute atomic E-state index is 12.3. The van der Waals surface area contributed by atoms with Gasteiger partial charge in [-0.25, -0.2) is 9.97 Å². The van der Waals surface area contributed by atoms with Crippen molar-refractivity contribution in [2.45, 2.75) is 64.3 Å². The van der Waals surface area contributed by atoms with E-state index in [-0.39, 0.29) is 18.0 Å². The molecule has 1 aliphatic carbocycles. The second kappa shape index (κ2) is 7.19. The van der Waals surface area contributed by atoms with E-state index in [0.717, 1.165) is 36.2 Å². The summed E-state index contributed by atoms with van der Waals surface area (Å²) in [4.78, 5) is 26.5. The van der Waals surface area contributed by atoms with Crippen LogP contribution < -0.4 is 10.6 Å². The molecule has 0 radical (unpaired) electrons. The van der Waals surface area contributed by atoms with Crippen molar-refractivity contribution in [2.24, 2.45) is 11.1 Å². The van der Waals surface area contributed by atoms with Crippen molar-refractivity contribution in [3.8, 4) is 0 Å². The molecule has 2 aliphatic heterocycles. The highest BCUT2D eigenvalue weighted by atomic mass is 16.6. The van der Waals surface area contributed by atoms with Crippen LogP contribution in [-0.2, 0) is 27.4 Å². The molecule has 1 fully saturated rings. The van der Waals surface area contributed by atoms with Crippen molar-refractivity contribution in [3.63, 3.8) is 0 Å². The predicted octanol–water partition coefficient (Wildman–Crippen LogP) is 1.41. The van der Waals surface area contributed by atoms with E-state index >= 15 is 0 Å². The highest BCUT2D eigenvalue weighted by molar-refractivity contribution is 5.93. The lowest BCUT2D eigenvalue weighted by molar-refractivity contribution is -0.132. The standard InChI is InChI=1S/C18H25N5O3/c1-10(2)15-7-16(26-23-15)17(24)20-12-5-13(6-12)21-18-19-8-11-9-25-4-3-14(11)22-18/h8,10,12-13,16H,3-7,9H2,1-2H3,(H,20,24)(H,19,21,22). The minimum absolute atomic E-state index is 0.0714. The number of nitrogens with one attached hydrogen (secondary N) is 2. The second-order valence-electron chi connectivity index (χ2n) is 7.52. The Morgan fingerprint density at radius 3 is 2.92 bits per heavy atom. The Hall–Kier alpha value is -2.22. The molecule has 0 saturated heterocycles. The molecular formula is C18H25N5O3. The van der Waals surface area contributed by atoms with Crippen molar-refractivity contribution in [1.82, 2.24) is 15.3 Å². The van der Waals surface area contributed by atoms with E-state index in [9.17, 15) is 4.79 Å². The van der Waals surface area contributed by atoms with Crippen LogP contribution >= 0.6 is 0 Å². The summed E-state index contributed by atoms with van der Waals surface area (Å²) < 4.78 is 5.40. The Bertz CT molecular complexity index is 715. The molecule has 3 aliphatic rings. The molecule has 1 amide bonds. The smallest absolute Gasteiger partial charge is 0.264 e. The zero-order valence-corrected chi connectivity index (χ0v) is 15.2. The van der Waals surface area contributed by atoms with Crippen molar-refractivity contribution >= 4 is 17.6 Å². The quantitative estimate of drug-likeness (QED) is 0.825. The fourth-order valence-electron chi connectivity index (χ4n) is 3.41. The van der Waals surface area contributed by atoms with Crippen molar-refractivity contribution in [2.75, 3.05) is 11.9 Å². The van der Waals surface area contributed by atoms with Crippen LogP contribution in [0.4, 0.5) is 5.95 Å². The molecule has 140 valence electrons. The van der Waals surface area contributed by atoms with Crippen LogP contribution in [0.3, 0.4) is 0 Å². The Labute approximate surface area is 152 Å². The van der Waals surface area contributed by atoms with Crippen LogP contribution in [0.1, 0.15) is 44.4 Å². The molecule has 1 unspecified atom stereocenters. The number of carbonyl (C=O) groups is 1. The van der Waals surface area contributed by atoms with Crippen molar-refractivity contribution in [1.29, 1.82) is 0 Å². The molecule has 1 aromatic rings. The largest absolute Gasteiger partial charge is 0.382 e. The average Bonchev–Trinajstić information content (AvgIpc) is 3.10.